The second-order valence-corrected chi connectivity index (χ2v) is 13.5. The zero-order valence-corrected chi connectivity index (χ0v) is 15.8. The Morgan fingerprint density at radius 2 is 2.00 bits per heavy atom. The Labute approximate surface area is 132 Å². The van der Waals surface area contributed by atoms with E-state index in [-0.39, 0.29) is 17.1 Å². The van der Waals surface area contributed by atoms with Crippen LogP contribution in [0.15, 0.2) is 11.6 Å². The van der Waals surface area contributed by atoms with Crippen LogP contribution < -0.4 is 0 Å². The zero-order valence-electron chi connectivity index (χ0n) is 14.8. The number of rotatable bonds is 3. The van der Waals surface area contributed by atoms with Crippen LogP contribution in [0.4, 0.5) is 0 Å². The van der Waals surface area contributed by atoms with E-state index in [0.29, 0.717) is 12.0 Å². The molecule has 0 heterocycles. The maximum absolute atomic E-state index is 9.29. The molecule has 3 atom stereocenters. The number of allylic oxidation sites excluding steroid dienone is 1. The van der Waals surface area contributed by atoms with Gasteiger partial charge in [0, 0.05) is 6.10 Å². The normalized spacial score (nSPS) is 36.0. The molecular formula is C18H34O2Si. The molecule has 0 spiro atoms. The molecule has 21 heavy (non-hydrogen) atoms. The number of fused-ring (bicyclic) bond motifs is 1. The predicted octanol–water partition coefficient (Wildman–Crippen LogP) is 4.90. The van der Waals surface area contributed by atoms with Crippen molar-refractivity contribution in [1.82, 2.24) is 0 Å². The lowest BCUT2D eigenvalue weighted by atomic mass is 9.66. The lowest BCUT2D eigenvalue weighted by molar-refractivity contribution is 0.0231. The van der Waals surface area contributed by atoms with E-state index < -0.39 is 8.32 Å². The summed E-state index contributed by atoms with van der Waals surface area (Å²) < 4.78 is 6.80. The third-order valence-electron chi connectivity index (χ3n) is 6.50. The Morgan fingerprint density at radius 1 is 1.33 bits per heavy atom. The Balaban J connectivity index is 2.19. The van der Waals surface area contributed by atoms with E-state index in [2.05, 4.69) is 46.9 Å². The largest absolute Gasteiger partial charge is 0.414 e. The van der Waals surface area contributed by atoms with Crippen molar-refractivity contribution >= 4 is 8.32 Å². The van der Waals surface area contributed by atoms with Crippen LogP contribution >= 0.6 is 0 Å². The van der Waals surface area contributed by atoms with Crippen molar-refractivity contribution in [2.75, 3.05) is 6.61 Å². The summed E-state index contributed by atoms with van der Waals surface area (Å²) in [5.74, 6) is 0.651. The van der Waals surface area contributed by atoms with Crippen LogP contribution in [0.1, 0.15) is 59.8 Å². The van der Waals surface area contributed by atoms with E-state index in [1.54, 1.807) is 0 Å². The van der Waals surface area contributed by atoms with E-state index in [1.165, 1.54) is 31.3 Å². The fourth-order valence-corrected chi connectivity index (χ4v) is 5.50. The summed E-state index contributed by atoms with van der Waals surface area (Å²) in [5, 5.41) is 9.57. The van der Waals surface area contributed by atoms with Crippen molar-refractivity contribution in [2.45, 2.75) is 84.0 Å². The van der Waals surface area contributed by atoms with Crippen molar-refractivity contribution in [3.63, 3.8) is 0 Å². The topological polar surface area (TPSA) is 29.5 Å². The minimum atomic E-state index is -1.69. The summed E-state index contributed by atoms with van der Waals surface area (Å²) in [7, 11) is -1.69. The lowest BCUT2D eigenvalue weighted by Gasteiger charge is -2.47. The summed E-state index contributed by atoms with van der Waals surface area (Å²) >= 11 is 0. The van der Waals surface area contributed by atoms with Gasteiger partial charge in [-0.25, -0.2) is 0 Å². The van der Waals surface area contributed by atoms with Crippen LogP contribution in [0, 0.1) is 11.3 Å². The van der Waals surface area contributed by atoms with Crippen molar-refractivity contribution < 1.29 is 9.53 Å². The molecule has 0 aromatic carbocycles. The lowest BCUT2D eigenvalue weighted by Crippen LogP contribution is -2.49. The molecule has 2 fully saturated rings. The van der Waals surface area contributed by atoms with Crippen LogP contribution in [-0.4, -0.2) is 26.1 Å². The molecule has 2 rings (SSSR count). The van der Waals surface area contributed by atoms with E-state index in [1.807, 2.05) is 0 Å². The van der Waals surface area contributed by atoms with Crippen molar-refractivity contribution in [2.24, 2.45) is 11.3 Å². The van der Waals surface area contributed by atoms with Gasteiger partial charge in [-0.2, -0.15) is 0 Å². The Kier molecular flexibility index (Phi) is 4.78. The molecule has 2 aliphatic rings. The third kappa shape index (κ3) is 3.15. The van der Waals surface area contributed by atoms with E-state index in [9.17, 15) is 5.11 Å². The van der Waals surface area contributed by atoms with Gasteiger partial charge in [0.2, 0.25) is 0 Å². The first-order valence-corrected chi connectivity index (χ1v) is 11.5. The molecule has 2 aliphatic carbocycles. The highest BCUT2D eigenvalue weighted by Gasteiger charge is 2.51. The smallest absolute Gasteiger partial charge is 0.192 e. The van der Waals surface area contributed by atoms with Crippen molar-refractivity contribution in [3.05, 3.63) is 11.6 Å². The molecule has 0 radical (unpaired) electrons. The van der Waals surface area contributed by atoms with Crippen molar-refractivity contribution in [3.8, 4) is 0 Å². The highest BCUT2D eigenvalue weighted by molar-refractivity contribution is 6.74. The average molecular weight is 311 g/mol. The Morgan fingerprint density at radius 3 is 2.57 bits per heavy atom. The van der Waals surface area contributed by atoms with Crippen molar-refractivity contribution in [1.29, 1.82) is 0 Å². The van der Waals surface area contributed by atoms with E-state index in [4.69, 9.17) is 4.43 Å². The van der Waals surface area contributed by atoms with Crippen LogP contribution in [0.3, 0.4) is 0 Å². The van der Waals surface area contributed by atoms with Crippen LogP contribution in [0.2, 0.25) is 18.1 Å². The first kappa shape index (κ1) is 17.2. The van der Waals surface area contributed by atoms with Crippen LogP contribution in [0.5, 0.6) is 0 Å². The molecule has 1 unspecified atom stereocenters. The fourth-order valence-electron chi connectivity index (χ4n) is 4.11. The molecule has 1 N–H and O–H groups in total. The number of hydrogen-bond acceptors (Lipinski definition) is 2. The third-order valence-corrected chi connectivity index (χ3v) is 11.0. The van der Waals surface area contributed by atoms with E-state index >= 15 is 0 Å². The van der Waals surface area contributed by atoms with Gasteiger partial charge in [-0.15, -0.1) is 0 Å². The van der Waals surface area contributed by atoms with Gasteiger partial charge in [-0.3, -0.25) is 0 Å². The van der Waals surface area contributed by atoms with Gasteiger partial charge in [-0.1, -0.05) is 45.8 Å². The zero-order chi connectivity index (χ0) is 15.9. The molecule has 2 saturated carbocycles. The van der Waals surface area contributed by atoms with Gasteiger partial charge in [0.05, 0.1) is 6.61 Å². The molecule has 122 valence electrons. The molecule has 0 aromatic heterocycles. The van der Waals surface area contributed by atoms with Gasteiger partial charge in [-0.05, 0) is 55.1 Å². The number of aliphatic hydroxyl groups excluding tert-OH is 1. The van der Waals surface area contributed by atoms with Crippen LogP contribution in [0.25, 0.3) is 0 Å². The Bertz CT molecular complexity index is 408. The summed E-state index contributed by atoms with van der Waals surface area (Å²) in [6.07, 6.45) is 8.62. The van der Waals surface area contributed by atoms with Gasteiger partial charge in [0.25, 0.3) is 0 Å². The van der Waals surface area contributed by atoms with Gasteiger partial charge in [0.15, 0.2) is 8.32 Å². The van der Waals surface area contributed by atoms with Gasteiger partial charge < -0.3 is 9.53 Å². The molecule has 0 aliphatic heterocycles. The first-order chi connectivity index (χ1) is 9.62. The molecule has 0 aromatic rings. The predicted molar refractivity (Wildman–Crippen MR) is 91.9 cm³/mol. The second-order valence-electron chi connectivity index (χ2n) is 8.78. The summed E-state index contributed by atoms with van der Waals surface area (Å²) in [6, 6.07) is 0. The highest BCUT2D eigenvalue weighted by atomic mass is 28.4. The monoisotopic (exact) mass is 310 g/mol. The minimum Gasteiger partial charge on any atom is -0.414 e. The molecule has 0 saturated heterocycles. The highest BCUT2D eigenvalue weighted by Crippen LogP contribution is 2.56. The molecule has 0 bridgehead atoms. The van der Waals surface area contributed by atoms with Crippen LogP contribution in [-0.2, 0) is 4.43 Å². The SMILES string of the molecule is CC(C)(C)[Si](C)(C)O[C@H]1CCC[C@]2(C)/C(=C\CO)CCC12. The molecule has 0 amide bonds. The Hall–Kier alpha value is -0.123. The standard InChI is InChI=1S/C18H34O2Si/c1-17(2,3)21(5,6)20-16-8-7-12-18(4)14(11-13-19)9-10-15(16)18/h11,15-16,19H,7-10,12-13H2,1-6H3/b14-11-/t15?,16-,18+/m0/s1. The molecule has 2 nitrogen and oxygen atoms in total. The average Bonchev–Trinajstić information content (AvgIpc) is 2.66. The molecular weight excluding hydrogens is 276 g/mol. The maximum Gasteiger partial charge on any atom is 0.192 e. The maximum atomic E-state index is 9.29. The second kappa shape index (κ2) is 5.82. The minimum absolute atomic E-state index is 0.186. The first-order valence-electron chi connectivity index (χ1n) is 8.60. The fraction of sp³-hybridized carbons (Fsp3) is 0.889. The van der Waals surface area contributed by atoms with Gasteiger partial charge in [0.1, 0.15) is 0 Å². The number of hydrogen-bond donors (Lipinski definition) is 1. The summed E-state index contributed by atoms with van der Waals surface area (Å²) in [4.78, 5) is 0. The van der Waals surface area contributed by atoms with E-state index in [0.717, 1.165) is 6.42 Å². The quantitative estimate of drug-likeness (QED) is 0.593. The summed E-state index contributed by atoms with van der Waals surface area (Å²) in [6.45, 7) is 14.3. The number of aliphatic hydroxyl groups is 1. The van der Waals surface area contributed by atoms with Gasteiger partial charge >= 0.3 is 0 Å². The molecule has 3 heteroatoms. The summed E-state index contributed by atoms with van der Waals surface area (Å²) in [5.41, 5.74) is 1.76.